The summed E-state index contributed by atoms with van der Waals surface area (Å²) in [7, 11) is 0. The lowest BCUT2D eigenvalue weighted by molar-refractivity contribution is 0.440. The Morgan fingerprint density at radius 1 is 0.292 bits per heavy atom. The van der Waals surface area contributed by atoms with E-state index in [1.54, 1.807) is 46.9 Å². The van der Waals surface area contributed by atoms with Gasteiger partial charge in [-0.15, -0.1) is 22.7 Å². The summed E-state index contributed by atoms with van der Waals surface area (Å²) in [6.45, 7) is 0. The van der Waals surface area contributed by atoms with Crippen LogP contribution in [0.5, 0.6) is 0 Å². The highest BCUT2D eigenvalue weighted by Gasteiger charge is 2.27. The van der Waals surface area contributed by atoms with E-state index < -0.39 is 34.4 Å². The third-order valence-corrected chi connectivity index (χ3v) is 11.3. The van der Waals surface area contributed by atoms with Crippen LogP contribution in [-0.2, 0) is 0 Å². The summed E-state index contributed by atoms with van der Waals surface area (Å²) in [5.74, 6) is -5.98. The molecule has 0 saturated heterocycles. The SMILES string of the molecule is Fc1c(F)c(-c2cccc(-c3ccc4c(c3)sc3ccccc34)c2)c(F)c(-c2cccc(-c3ccc4c(c3)sc3ccccc34)c2)c1F. The molecule has 0 fully saturated rings. The van der Waals surface area contributed by atoms with Gasteiger partial charge in [0.25, 0.3) is 0 Å². The third-order valence-electron chi connectivity index (χ3n) is 8.99. The summed E-state index contributed by atoms with van der Waals surface area (Å²) in [6.07, 6.45) is 0. The fourth-order valence-corrected chi connectivity index (χ4v) is 8.95. The standard InChI is InChI=1S/C42H22F4S2/c43-39-37(27-9-5-7-23(19-27)25-15-17-31-29-11-1-3-13-33(29)47-35(31)21-25)40(44)42(46)41(45)38(39)28-10-6-8-24(20-28)26-16-18-32-30-12-2-4-14-34(30)48-36(32)22-26/h1-22H. The van der Waals surface area contributed by atoms with Crippen molar-refractivity contribution in [3.05, 3.63) is 157 Å². The van der Waals surface area contributed by atoms with Gasteiger partial charge in [0.2, 0.25) is 0 Å². The molecule has 0 amide bonds. The molecule has 0 radical (unpaired) electrons. The molecule has 0 nitrogen and oxygen atoms in total. The molecule has 6 heteroatoms. The van der Waals surface area contributed by atoms with Crippen molar-refractivity contribution in [2.45, 2.75) is 0 Å². The topological polar surface area (TPSA) is 0 Å². The highest BCUT2D eigenvalue weighted by atomic mass is 32.1. The lowest BCUT2D eigenvalue weighted by atomic mass is 9.92. The molecule has 2 heterocycles. The normalized spacial score (nSPS) is 11.8. The van der Waals surface area contributed by atoms with E-state index in [4.69, 9.17) is 0 Å². The Labute approximate surface area is 280 Å². The predicted octanol–water partition coefficient (Wildman–Crippen LogP) is 13.6. The second-order valence-corrected chi connectivity index (χ2v) is 14.0. The molecule has 0 aliphatic heterocycles. The number of rotatable bonds is 4. The van der Waals surface area contributed by atoms with E-state index >= 15 is 17.6 Å². The van der Waals surface area contributed by atoms with Crippen molar-refractivity contribution in [1.29, 1.82) is 0 Å². The molecule has 0 aliphatic rings. The number of hydrogen-bond acceptors (Lipinski definition) is 2. The van der Waals surface area contributed by atoms with Crippen molar-refractivity contribution in [3.8, 4) is 44.5 Å². The van der Waals surface area contributed by atoms with Gasteiger partial charge in [-0.3, -0.25) is 0 Å². The Hall–Kier alpha value is -5.30. The van der Waals surface area contributed by atoms with Gasteiger partial charge in [0.1, 0.15) is 5.82 Å². The smallest absolute Gasteiger partial charge is 0.195 e. The molecule has 2 aromatic heterocycles. The van der Waals surface area contributed by atoms with Gasteiger partial charge in [-0.2, -0.15) is 0 Å². The molecule has 7 aromatic carbocycles. The average Bonchev–Trinajstić information content (AvgIpc) is 3.68. The van der Waals surface area contributed by atoms with Gasteiger partial charge in [-0.1, -0.05) is 97.1 Å². The van der Waals surface area contributed by atoms with E-state index in [0.29, 0.717) is 11.1 Å². The number of hydrogen-bond donors (Lipinski definition) is 0. The Bertz CT molecular complexity index is 2550. The summed E-state index contributed by atoms with van der Waals surface area (Å²) >= 11 is 3.34. The lowest BCUT2D eigenvalue weighted by Gasteiger charge is -2.15. The van der Waals surface area contributed by atoms with Crippen LogP contribution in [0, 0.1) is 23.3 Å². The van der Waals surface area contributed by atoms with Crippen LogP contribution in [0.4, 0.5) is 17.6 Å². The minimum atomic E-state index is -1.71. The van der Waals surface area contributed by atoms with Crippen LogP contribution in [0.1, 0.15) is 0 Å². The van der Waals surface area contributed by atoms with Crippen molar-refractivity contribution >= 4 is 63.0 Å². The second-order valence-electron chi connectivity index (χ2n) is 11.8. The highest BCUT2D eigenvalue weighted by molar-refractivity contribution is 7.26. The van der Waals surface area contributed by atoms with E-state index in [2.05, 4.69) is 24.3 Å². The molecule has 0 N–H and O–H groups in total. The Morgan fingerprint density at radius 3 is 1.17 bits per heavy atom. The van der Waals surface area contributed by atoms with Gasteiger partial charge in [-0.25, -0.2) is 17.6 Å². The van der Waals surface area contributed by atoms with Gasteiger partial charge in [0.15, 0.2) is 17.5 Å². The molecular formula is C42H22F4S2. The maximum atomic E-state index is 16.4. The van der Waals surface area contributed by atoms with Crippen molar-refractivity contribution in [2.24, 2.45) is 0 Å². The Balaban J connectivity index is 1.14. The minimum Gasteiger partial charge on any atom is -0.205 e. The summed E-state index contributed by atoms with van der Waals surface area (Å²) in [6, 6.07) is 41.7. The zero-order chi connectivity index (χ0) is 32.5. The predicted molar refractivity (Wildman–Crippen MR) is 194 cm³/mol. The molecule has 0 unspecified atom stereocenters. The fourth-order valence-electron chi connectivity index (χ4n) is 6.66. The van der Waals surface area contributed by atoms with E-state index in [9.17, 15) is 0 Å². The monoisotopic (exact) mass is 666 g/mol. The summed E-state index contributed by atoms with van der Waals surface area (Å²) in [4.78, 5) is 0. The van der Waals surface area contributed by atoms with Crippen LogP contribution in [0.3, 0.4) is 0 Å². The number of thiophene rings is 2. The van der Waals surface area contributed by atoms with Crippen LogP contribution in [0.15, 0.2) is 133 Å². The van der Waals surface area contributed by atoms with Crippen LogP contribution in [0.25, 0.3) is 84.9 Å². The van der Waals surface area contributed by atoms with E-state index in [0.717, 1.165) is 31.3 Å². The van der Waals surface area contributed by atoms with Gasteiger partial charge in [0.05, 0.1) is 11.1 Å². The first-order chi connectivity index (χ1) is 23.4. The van der Waals surface area contributed by atoms with Crippen molar-refractivity contribution < 1.29 is 17.6 Å². The van der Waals surface area contributed by atoms with Gasteiger partial charge >= 0.3 is 0 Å². The molecule has 230 valence electrons. The summed E-state index contributed by atoms with van der Waals surface area (Å²) in [5.41, 5.74) is 2.13. The molecule has 0 saturated carbocycles. The molecular weight excluding hydrogens is 645 g/mol. The quantitative estimate of drug-likeness (QED) is 0.0996. The van der Waals surface area contributed by atoms with Gasteiger partial charge in [0, 0.05) is 40.3 Å². The van der Waals surface area contributed by atoms with Crippen LogP contribution < -0.4 is 0 Å². The van der Waals surface area contributed by atoms with E-state index in [1.165, 1.54) is 32.3 Å². The van der Waals surface area contributed by atoms with Crippen LogP contribution in [-0.4, -0.2) is 0 Å². The molecule has 9 aromatic rings. The molecule has 0 aliphatic carbocycles. The first-order valence-electron chi connectivity index (χ1n) is 15.3. The van der Waals surface area contributed by atoms with Gasteiger partial charge in [-0.05, 0) is 69.8 Å². The minimum absolute atomic E-state index is 0.116. The molecule has 9 rings (SSSR count). The van der Waals surface area contributed by atoms with Crippen molar-refractivity contribution in [3.63, 3.8) is 0 Å². The maximum Gasteiger partial charge on any atom is 0.195 e. The summed E-state index contributed by atoms with van der Waals surface area (Å²) in [5, 5.41) is 4.59. The van der Waals surface area contributed by atoms with Crippen molar-refractivity contribution in [2.75, 3.05) is 0 Å². The van der Waals surface area contributed by atoms with Crippen LogP contribution >= 0.6 is 22.7 Å². The third kappa shape index (κ3) is 4.55. The number of fused-ring (bicyclic) bond motifs is 6. The van der Waals surface area contributed by atoms with Crippen molar-refractivity contribution in [1.82, 2.24) is 0 Å². The highest BCUT2D eigenvalue weighted by Crippen LogP contribution is 2.42. The maximum absolute atomic E-state index is 16.4. The van der Waals surface area contributed by atoms with Gasteiger partial charge < -0.3 is 0 Å². The zero-order valence-electron chi connectivity index (χ0n) is 25.0. The molecule has 0 spiro atoms. The van der Waals surface area contributed by atoms with E-state index in [1.807, 2.05) is 72.8 Å². The first kappa shape index (κ1) is 28.9. The second kappa shape index (κ2) is 11.2. The van der Waals surface area contributed by atoms with Crippen LogP contribution in [0.2, 0.25) is 0 Å². The van der Waals surface area contributed by atoms with E-state index in [-0.39, 0.29) is 11.1 Å². The largest absolute Gasteiger partial charge is 0.205 e. The number of benzene rings is 7. The Kier molecular flexibility index (Phi) is 6.71. The molecule has 0 atom stereocenters. The average molecular weight is 667 g/mol. The fraction of sp³-hybridized carbons (Fsp3) is 0. The first-order valence-corrected chi connectivity index (χ1v) is 17.0. The zero-order valence-corrected chi connectivity index (χ0v) is 26.7. The summed E-state index contributed by atoms with van der Waals surface area (Å²) < 4.78 is 67.2. The Morgan fingerprint density at radius 2 is 0.688 bits per heavy atom. The lowest BCUT2D eigenvalue weighted by Crippen LogP contribution is -2.03. The molecule has 48 heavy (non-hydrogen) atoms. The number of halogens is 4. The molecule has 0 bridgehead atoms.